The second kappa shape index (κ2) is 12.3. The minimum absolute atomic E-state index is 0.0291. The van der Waals surface area contributed by atoms with E-state index in [4.69, 9.17) is 18.6 Å². The second-order valence-corrected chi connectivity index (χ2v) is 8.50. The van der Waals surface area contributed by atoms with Crippen molar-refractivity contribution in [3.05, 3.63) is 59.8 Å². The summed E-state index contributed by atoms with van der Waals surface area (Å²) in [6.07, 6.45) is 1.24. The topological polar surface area (TPSA) is 102 Å². The van der Waals surface area contributed by atoms with Crippen LogP contribution in [0.4, 0.5) is 5.69 Å². The van der Waals surface area contributed by atoms with E-state index >= 15 is 0 Å². The molecule has 0 radical (unpaired) electrons. The molecule has 1 aliphatic heterocycles. The third kappa shape index (κ3) is 6.45. The highest BCUT2D eigenvalue weighted by atomic mass is 16.5. The molecule has 1 aromatic heterocycles. The second-order valence-electron chi connectivity index (χ2n) is 8.50. The molecule has 192 valence electrons. The zero-order valence-electron chi connectivity index (χ0n) is 21.0. The maximum Gasteiger partial charge on any atom is 0.308 e. The Morgan fingerprint density at radius 1 is 0.944 bits per heavy atom. The molecule has 0 aliphatic carbocycles. The summed E-state index contributed by atoms with van der Waals surface area (Å²) in [4.78, 5) is 17.2. The SMILES string of the molecule is COc1ccc(N2CCN(CCCNC(=O)c3nnc(Cc4ccc(OC)c(OC)c4)o3)CC2)cc1. The molecule has 1 amide bonds. The number of nitrogens with zero attached hydrogens (tertiary/aromatic N) is 4. The lowest BCUT2D eigenvalue weighted by Gasteiger charge is -2.36. The number of hydrogen-bond donors (Lipinski definition) is 1. The first-order valence-corrected chi connectivity index (χ1v) is 12.0. The van der Waals surface area contributed by atoms with Crippen LogP contribution in [0.3, 0.4) is 0 Å². The number of carbonyl (C=O) groups is 1. The van der Waals surface area contributed by atoms with Crippen LogP contribution in [0.2, 0.25) is 0 Å². The van der Waals surface area contributed by atoms with Crippen LogP contribution in [0.15, 0.2) is 46.9 Å². The third-order valence-corrected chi connectivity index (χ3v) is 6.21. The summed E-state index contributed by atoms with van der Waals surface area (Å²) in [7, 11) is 4.85. The van der Waals surface area contributed by atoms with Gasteiger partial charge < -0.3 is 28.8 Å². The maximum absolute atomic E-state index is 12.4. The number of carbonyl (C=O) groups excluding carboxylic acids is 1. The van der Waals surface area contributed by atoms with Crippen molar-refractivity contribution in [3.63, 3.8) is 0 Å². The lowest BCUT2D eigenvalue weighted by molar-refractivity contribution is 0.0915. The fraction of sp³-hybridized carbons (Fsp3) is 0.423. The van der Waals surface area contributed by atoms with Crippen LogP contribution in [-0.2, 0) is 6.42 Å². The van der Waals surface area contributed by atoms with Crippen molar-refractivity contribution in [3.8, 4) is 17.2 Å². The van der Waals surface area contributed by atoms with E-state index in [2.05, 4.69) is 37.4 Å². The molecule has 0 saturated carbocycles. The molecule has 2 aromatic carbocycles. The molecule has 1 fully saturated rings. The van der Waals surface area contributed by atoms with Crippen LogP contribution in [0.25, 0.3) is 0 Å². The zero-order chi connectivity index (χ0) is 25.3. The third-order valence-electron chi connectivity index (χ3n) is 6.21. The molecule has 4 rings (SSSR count). The lowest BCUT2D eigenvalue weighted by Crippen LogP contribution is -2.47. The summed E-state index contributed by atoms with van der Waals surface area (Å²) in [5, 5.41) is 10.8. The van der Waals surface area contributed by atoms with E-state index in [0.29, 0.717) is 30.4 Å². The van der Waals surface area contributed by atoms with Crippen LogP contribution in [0.5, 0.6) is 17.2 Å². The van der Waals surface area contributed by atoms with E-state index in [1.807, 2.05) is 30.3 Å². The number of nitrogens with one attached hydrogen (secondary N) is 1. The van der Waals surface area contributed by atoms with Crippen molar-refractivity contribution in [2.75, 3.05) is 65.5 Å². The van der Waals surface area contributed by atoms with E-state index in [1.165, 1.54) is 5.69 Å². The van der Waals surface area contributed by atoms with Gasteiger partial charge in [0, 0.05) is 38.4 Å². The van der Waals surface area contributed by atoms with Crippen molar-refractivity contribution in [1.82, 2.24) is 20.4 Å². The number of methoxy groups -OCH3 is 3. The highest BCUT2D eigenvalue weighted by molar-refractivity contribution is 5.89. The maximum atomic E-state index is 12.4. The molecule has 10 nitrogen and oxygen atoms in total. The van der Waals surface area contributed by atoms with Crippen LogP contribution in [0, 0.1) is 0 Å². The molecule has 36 heavy (non-hydrogen) atoms. The van der Waals surface area contributed by atoms with Gasteiger partial charge in [0.25, 0.3) is 0 Å². The van der Waals surface area contributed by atoms with Crippen molar-refractivity contribution in [1.29, 1.82) is 0 Å². The summed E-state index contributed by atoms with van der Waals surface area (Å²) in [5.41, 5.74) is 2.13. The molecule has 0 bridgehead atoms. The molecule has 0 spiro atoms. The molecule has 0 atom stereocenters. The Hall–Kier alpha value is -3.79. The van der Waals surface area contributed by atoms with Crippen LogP contribution in [-0.4, -0.2) is 81.6 Å². The monoisotopic (exact) mass is 495 g/mol. The first kappa shape index (κ1) is 25.3. The highest BCUT2D eigenvalue weighted by Crippen LogP contribution is 2.28. The number of rotatable bonds is 11. The van der Waals surface area contributed by atoms with Crippen LogP contribution in [0.1, 0.15) is 28.6 Å². The summed E-state index contributed by atoms with van der Waals surface area (Å²) in [5.74, 6) is 2.11. The van der Waals surface area contributed by atoms with Gasteiger partial charge in [-0.3, -0.25) is 9.69 Å². The number of aromatic nitrogens is 2. The van der Waals surface area contributed by atoms with Gasteiger partial charge >= 0.3 is 11.8 Å². The first-order valence-electron chi connectivity index (χ1n) is 12.0. The van der Waals surface area contributed by atoms with Crippen LogP contribution < -0.4 is 24.4 Å². The summed E-state index contributed by atoms with van der Waals surface area (Å²) in [6.45, 7) is 5.40. The summed E-state index contributed by atoms with van der Waals surface area (Å²) in [6, 6.07) is 13.7. The molecule has 1 N–H and O–H groups in total. The highest BCUT2D eigenvalue weighted by Gasteiger charge is 2.18. The van der Waals surface area contributed by atoms with E-state index in [1.54, 1.807) is 21.3 Å². The fourth-order valence-corrected chi connectivity index (χ4v) is 4.18. The van der Waals surface area contributed by atoms with Crippen molar-refractivity contribution < 1.29 is 23.4 Å². The average Bonchev–Trinajstić information content (AvgIpc) is 3.40. The van der Waals surface area contributed by atoms with Gasteiger partial charge in [0.2, 0.25) is 5.89 Å². The Bertz CT molecular complexity index is 1130. The van der Waals surface area contributed by atoms with Crippen molar-refractivity contribution in [2.45, 2.75) is 12.8 Å². The largest absolute Gasteiger partial charge is 0.497 e. The number of anilines is 1. The average molecular weight is 496 g/mol. The fourth-order valence-electron chi connectivity index (χ4n) is 4.18. The Labute approximate surface area is 211 Å². The molecule has 10 heteroatoms. The minimum Gasteiger partial charge on any atom is -0.497 e. The standard InChI is InChI=1S/C26H33N5O5/c1-33-21-8-6-20(7-9-21)31-15-13-30(14-16-31)12-4-11-27-25(32)26-29-28-24(36-26)18-19-5-10-22(34-2)23(17-19)35-3/h5-10,17H,4,11-16,18H2,1-3H3,(H,27,32). The van der Waals surface area contributed by atoms with Gasteiger partial charge in [0.15, 0.2) is 11.5 Å². The normalized spacial score (nSPS) is 13.9. The lowest BCUT2D eigenvalue weighted by atomic mass is 10.1. The van der Waals surface area contributed by atoms with Gasteiger partial charge in [-0.1, -0.05) is 6.07 Å². The molecule has 1 aliphatic rings. The zero-order valence-corrected chi connectivity index (χ0v) is 21.0. The van der Waals surface area contributed by atoms with Gasteiger partial charge in [-0.2, -0.15) is 0 Å². The number of ether oxygens (including phenoxy) is 3. The number of amides is 1. The van der Waals surface area contributed by atoms with Gasteiger partial charge in [-0.05, 0) is 54.9 Å². The molecule has 1 saturated heterocycles. The van der Waals surface area contributed by atoms with Gasteiger partial charge in [-0.15, -0.1) is 10.2 Å². The molecule has 3 aromatic rings. The number of hydrogen-bond acceptors (Lipinski definition) is 9. The molecule has 0 unspecified atom stereocenters. The van der Waals surface area contributed by atoms with E-state index in [0.717, 1.165) is 50.5 Å². The smallest absolute Gasteiger partial charge is 0.308 e. The summed E-state index contributed by atoms with van der Waals surface area (Å²) >= 11 is 0. The van der Waals surface area contributed by atoms with Crippen molar-refractivity contribution in [2.24, 2.45) is 0 Å². The molecular weight excluding hydrogens is 462 g/mol. The molecule has 2 heterocycles. The predicted molar refractivity (Wildman–Crippen MR) is 135 cm³/mol. The van der Waals surface area contributed by atoms with Crippen molar-refractivity contribution >= 4 is 11.6 Å². The van der Waals surface area contributed by atoms with E-state index < -0.39 is 0 Å². The quantitative estimate of drug-likeness (QED) is 0.402. The molecular formula is C26H33N5O5. The van der Waals surface area contributed by atoms with E-state index in [9.17, 15) is 4.79 Å². The number of benzene rings is 2. The van der Waals surface area contributed by atoms with E-state index in [-0.39, 0.29) is 11.8 Å². The Morgan fingerprint density at radius 2 is 1.69 bits per heavy atom. The van der Waals surface area contributed by atoms with Crippen LogP contribution >= 0.6 is 0 Å². The summed E-state index contributed by atoms with van der Waals surface area (Å²) < 4.78 is 21.4. The first-order chi connectivity index (χ1) is 17.6. The minimum atomic E-state index is -0.356. The van der Waals surface area contributed by atoms with Gasteiger partial charge in [0.05, 0.1) is 27.8 Å². The Morgan fingerprint density at radius 3 is 2.39 bits per heavy atom. The van der Waals surface area contributed by atoms with Gasteiger partial charge in [0.1, 0.15) is 5.75 Å². The van der Waals surface area contributed by atoms with Gasteiger partial charge in [-0.25, -0.2) is 0 Å². The Kier molecular flexibility index (Phi) is 8.62. The Balaban J connectivity index is 1.17. The predicted octanol–water partition coefficient (Wildman–Crippen LogP) is 2.63. The number of piperazine rings is 1.